The van der Waals surface area contributed by atoms with Crippen LogP contribution in [0.4, 0.5) is 17.6 Å². The molecule has 2 aromatic rings. The molecule has 2 aromatic carbocycles. The van der Waals surface area contributed by atoms with Gasteiger partial charge < -0.3 is 30.0 Å². The van der Waals surface area contributed by atoms with Crippen LogP contribution in [0, 0.1) is 11.7 Å². The lowest BCUT2D eigenvalue weighted by atomic mass is 9.78. The summed E-state index contributed by atoms with van der Waals surface area (Å²) in [5, 5.41) is 12.4. The number of nitrogens with two attached hydrogens (primary N) is 1. The van der Waals surface area contributed by atoms with Crippen LogP contribution in [0.15, 0.2) is 36.4 Å². The van der Waals surface area contributed by atoms with Gasteiger partial charge >= 0.3 is 6.18 Å². The Morgan fingerprint density at radius 1 is 1.19 bits per heavy atom. The number of carbonyl (C=O) groups excluding carboxylic acids is 1. The van der Waals surface area contributed by atoms with Crippen LogP contribution in [0.1, 0.15) is 56.6 Å². The van der Waals surface area contributed by atoms with Gasteiger partial charge in [0.15, 0.2) is 0 Å². The highest BCUT2D eigenvalue weighted by molar-refractivity contribution is 5.79. The number of unbranched alkanes of at least 4 members (excludes halogenated alkanes) is 1. The fraction of sp³-hybridized carbons (Fsp3) is 0.581. The first-order chi connectivity index (χ1) is 20.0. The van der Waals surface area contributed by atoms with Gasteiger partial charge in [0.05, 0.1) is 25.3 Å². The molecule has 1 heterocycles. The molecule has 7 nitrogen and oxygen atoms in total. The van der Waals surface area contributed by atoms with Crippen LogP contribution in [0.2, 0.25) is 0 Å². The lowest BCUT2D eigenvalue weighted by Crippen LogP contribution is -2.55. The standard InChI is InChI=1S/C31H40F4N2O5/c1-3-41-24-17-21(15-22(18-24)31(33,34)35)28-25(7-6-8-26(28)32)30(39,11-4-5-13-40-2)27-19-37(12-14-42-27)29(38)20-9-10-23(36)16-20/h6-8,15,17-18,20,23,27,39H,3-5,9-14,16,19,36H2,1-2H3/t20-,23+,27-,30-/m1/s1. The fourth-order valence-corrected chi connectivity index (χ4v) is 6.08. The van der Waals surface area contributed by atoms with Crippen LogP contribution in [-0.2, 0) is 26.0 Å². The topological polar surface area (TPSA) is 94.2 Å². The SMILES string of the molecule is CCOc1cc(-c2c(F)cccc2[C@](O)(CCCCOC)[C@H]2CN(C(=O)[C@@H]3CC[C@H](N)C3)CCO2)cc(C(F)(F)F)c1. The van der Waals surface area contributed by atoms with Crippen molar-refractivity contribution >= 4 is 5.91 Å². The molecule has 2 aliphatic rings. The third kappa shape index (κ3) is 7.24. The number of morpholine rings is 1. The molecule has 1 aliphatic heterocycles. The molecule has 0 bridgehead atoms. The number of alkyl halides is 3. The highest BCUT2D eigenvalue weighted by Crippen LogP contribution is 2.44. The molecule has 11 heteroatoms. The number of ether oxygens (including phenoxy) is 3. The van der Waals surface area contributed by atoms with E-state index in [0.29, 0.717) is 38.8 Å². The summed E-state index contributed by atoms with van der Waals surface area (Å²) < 4.78 is 73.9. The van der Waals surface area contributed by atoms with Crippen molar-refractivity contribution in [2.75, 3.05) is 40.0 Å². The first kappa shape index (κ1) is 32.2. The number of methoxy groups -OCH3 is 1. The molecule has 0 aromatic heterocycles. The molecule has 232 valence electrons. The maximum atomic E-state index is 15.7. The Hall–Kier alpha value is -2.73. The molecular weight excluding hydrogens is 556 g/mol. The van der Waals surface area contributed by atoms with E-state index in [1.165, 1.54) is 18.2 Å². The van der Waals surface area contributed by atoms with E-state index in [-0.39, 0.29) is 66.5 Å². The Kier molecular flexibility index (Phi) is 10.5. The number of carbonyl (C=O) groups is 1. The van der Waals surface area contributed by atoms with E-state index in [9.17, 15) is 23.1 Å². The summed E-state index contributed by atoms with van der Waals surface area (Å²) in [5.74, 6) is -1.13. The van der Waals surface area contributed by atoms with E-state index in [1.54, 1.807) is 18.9 Å². The quantitative estimate of drug-likeness (QED) is 0.271. The maximum absolute atomic E-state index is 15.7. The predicted molar refractivity (Wildman–Crippen MR) is 149 cm³/mol. The number of amides is 1. The third-order valence-electron chi connectivity index (χ3n) is 8.20. The van der Waals surface area contributed by atoms with Gasteiger partial charge in [0.25, 0.3) is 0 Å². The van der Waals surface area contributed by atoms with Crippen molar-refractivity contribution < 1.29 is 41.7 Å². The van der Waals surface area contributed by atoms with E-state index < -0.39 is 29.3 Å². The van der Waals surface area contributed by atoms with Gasteiger partial charge in [0, 0.05) is 37.8 Å². The van der Waals surface area contributed by atoms with Crippen LogP contribution in [0.25, 0.3) is 11.1 Å². The summed E-state index contributed by atoms with van der Waals surface area (Å²) in [5.41, 5.74) is 3.03. The number of nitrogens with zero attached hydrogens (tertiary/aromatic N) is 1. The van der Waals surface area contributed by atoms with Gasteiger partial charge in [-0.25, -0.2) is 4.39 Å². The van der Waals surface area contributed by atoms with Crippen LogP contribution in [0.3, 0.4) is 0 Å². The molecule has 4 atom stereocenters. The molecule has 0 radical (unpaired) electrons. The Labute approximate surface area is 243 Å². The molecule has 1 saturated heterocycles. The lowest BCUT2D eigenvalue weighted by molar-refractivity contribution is -0.167. The predicted octanol–water partition coefficient (Wildman–Crippen LogP) is 5.27. The highest BCUT2D eigenvalue weighted by Gasteiger charge is 2.45. The molecule has 1 amide bonds. The molecular formula is C31H40F4N2O5. The van der Waals surface area contributed by atoms with Crippen LogP contribution >= 0.6 is 0 Å². The number of benzene rings is 2. The average Bonchev–Trinajstić information content (AvgIpc) is 3.40. The summed E-state index contributed by atoms with van der Waals surface area (Å²) >= 11 is 0. The molecule has 42 heavy (non-hydrogen) atoms. The van der Waals surface area contributed by atoms with Crippen LogP contribution < -0.4 is 10.5 Å². The third-order valence-corrected chi connectivity index (χ3v) is 8.20. The number of aliphatic hydroxyl groups is 1. The van der Waals surface area contributed by atoms with E-state index in [4.69, 9.17) is 19.9 Å². The number of halogens is 4. The molecule has 3 N–H and O–H groups in total. The van der Waals surface area contributed by atoms with Crippen molar-refractivity contribution in [2.45, 2.75) is 69.4 Å². The van der Waals surface area contributed by atoms with Crippen molar-refractivity contribution in [1.82, 2.24) is 4.90 Å². The minimum Gasteiger partial charge on any atom is -0.494 e. The first-order valence-electron chi connectivity index (χ1n) is 14.5. The molecule has 1 saturated carbocycles. The molecule has 0 spiro atoms. The van der Waals surface area contributed by atoms with Crippen molar-refractivity contribution in [1.29, 1.82) is 0 Å². The molecule has 0 unspecified atom stereocenters. The number of hydrogen-bond acceptors (Lipinski definition) is 6. The second-order valence-electron chi connectivity index (χ2n) is 11.1. The fourth-order valence-electron chi connectivity index (χ4n) is 6.08. The zero-order valence-electron chi connectivity index (χ0n) is 24.1. The van der Waals surface area contributed by atoms with E-state index >= 15 is 4.39 Å². The number of rotatable bonds is 11. The Morgan fingerprint density at radius 3 is 2.64 bits per heavy atom. The zero-order chi connectivity index (χ0) is 30.5. The maximum Gasteiger partial charge on any atom is 0.416 e. The summed E-state index contributed by atoms with van der Waals surface area (Å²) in [6.45, 7) is 2.71. The van der Waals surface area contributed by atoms with E-state index in [1.807, 2.05) is 0 Å². The van der Waals surface area contributed by atoms with Gasteiger partial charge in [-0.2, -0.15) is 13.2 Å². The van der Waals surface area contributed by atoms with Gasteiger partial charge in [-0.1, -0.05) is 12.1 Å². The first-order valence-corrected chi connectivity index (χ1v) is 14.5. The average molecular weight is 597 g/mol. The van der Waals surface area contributed by atoms with Gasteiger partial charge in [0.1, 0.15) is 23.3 Å². The minimum absolute atomic E-state index is 0.0302. The van der Waals surface area contributed by atoms with Crippen LogP contribution in [0.5, 0.6) is 5.75 Å². The van der Waals surface area contributed by atoms with Crippen molar-refractivity contribution in [2.24, 2.45) is 11.7 Å². The molecule has 1 aliphatic carbocycles. The van der Waals surface area contributed by atoms with E-state index in [2.05, 4.69) is 0 Å². The summed E-state index contributed by atoms with van der Waals surface area (Å²) in [4.78, 5) is 15.0. The molecule has 4 rings (SSSR count). The second kappa shape index (κ2) is 13.7. The van der Waals surface area contributed by atoms with Crippen molar-refractivity contribution in [3.8, 4) is 16.9 Å². The largest absolute Gasteiger partial charge is 0.494 e. The smallest absolute Gasteiger partial charge is 0.416 e. The van der Waals surface area contributed by atoms with Crippen molar-refractivity contribution in [3.63, 3.8) is 0 Å². The summed E-state index contributed by atoms with van der Waals surface area (Å²) in [7, 11) is 1.56. The van der Waals surface area contributed by atoms with Gasteiger partial charge in [0.2, 0.25) is 5.91 Å². The van der Waals surface area contributed by atoms with Gasteiger partial charge in [-0.15, -0.1) is 0 Å². The van der Waals surface area contributed by atoms with Crippen LogP contribution in [-0.4, -0.2) is 68.1 Å². The zero-order valence-corrected chi connectivity index (χ0v) is 24.1. The van der Waals surface area contributed by atoms with Gasteiger partial charge in [-0.05, 0) is 80.8 Å². The Balaban J connectivity index is 1.78. The highest BCUT2D eigenvalue weighted by atomic mass is 19.4. The van der Waals surface area contributed by atoms with Gasteiger partial charge in [-0.3, -0.25) is 4.79 Å². The van der Waals surface area contributed by atoms with E-state index in [0.717, 1.165) is 24.6 Å². The van der Waals surface area contributed by atoms with Crippen molar-refractivity contribution in [3.05, 3.63) is 53.3 Å². The minimum atomic E-state index is -4.71. The molecule has 2 fully saturated rings. The monoisotopic (exact) mass is 596 g/mol. The Morgan fingerprint density at radius 2 is 1.98 bits per heavy atom. The second-order valence-corrected chi connectivity index (χ2v) is 11.1. The normalized spacial score (nSPS) is 22.7. The number of hydrogen-bond donors (Lipinski definition) is 2. The summed E-state index contributed by atoms with van der Waals surface area (Å²) in [6.07, 6.45) is -2.48. The Bertz CT molecular complexity index is 1230. The lowest BCUT2D eigenvalue weighted by Gasteiger charge is -2.43. The summed E-state index contributed by atoms with van der Waals surface area (Å²) in [6, 6.07) is 7.10.